The quantitative estimate of drug-likeness (QED) is 0.817. The molecule has 0 unspecified atom stereocenters. The van der Waals surface area contributed by atoms with Crippen LogP contribution < -0.4 is 11.1 Å². The lowest BCUT2D eigenvalue weighted by Crippen LogP contribution is -2.15. The number of hydrogen-bond donors (Lipinski definition) is 2. The van der Waals surface area contributed by atoms with Gasteiger partial charge in [0, 0.05) is 17.3 Å². The highest BCUT2D eigenvalue weighted by Crippen LogP contribution is 2.19. The molecule has 1 amide bonds. The summed E-state index contributed by atoms with van der Waals surface area (Å²) >= 11 is 0. The maximum absolute atomic E-state index is 13.4. The molecule has 0 aliphatic carbocycles. The zero-order chi connectivity index (χ0) is 14.0. The van der Waals surface area contributed by atoms with Crippen LogP contribution in [0.25, 0.3) is 0 Å². The molecule has 2 aromatic rings. The molecule has 3 N–H and O–H groups in total. The first-order chi connectivity index (χ1) is 8.99. The molecule has 2 aromatic carbocycles. The smallest absolute Gasteiger partial charge is 0.256 e. The average molecular weight is 262 g/mol. The first-order valence-corrected chi connectivity index (χ1v) is 5.60. The van der Waals surface area contributed by atoms with E-state index in [2.05, 4.69) is 5.32 Å². The number of rotatable bonds is 2. The molecule has 2 rings (SSSR count). The van der Waals surface area contributed by atoms with Gasteiger partial charge in [-0.3, -0.25) is 4.79 Å². The number of nitrogens with two attached hydrogens (primary N) is 1. The van der Waals surface area contributed by atoms with Crippen LogP contribution in [0.2, 0.25) is 0 Å². The SMILES string of the molecule is Cc1c(N)cccc1C(=O)Nc1cc(F)ccc1F. The van der Waals surface area contributed by atoms with E-state index in [1.54, 1.807) is 25.1 Å². The number of halogens is 2. The highest BCUT2D eigenvalue weighted by Gasteiger charge is 2.13. The molecular weight excluding hydrogens is 250 g/mol. The van der Waals surface area contributed by atoms with E-state index in [9.17, 15) is 13.6 Å². The number of carbonyl (C=O) groups is 1. The van der Waals surface area contributed by atoms with Crippen molar-refractivity contribution in [1.82, 2.24) is 0 Å². The third kappa shape index (κ3) is 2.70. The van der Waals surface area contributed by atoms with E-state index >= 15 is 0 Å². The predicted octanol–water partition coefficient (Wildman–Crippen LogP) is 3.11. The molecule has 0 bridgehead atoms. The van der Waals surface area contributed by atoms with E-state index in [4.69, 9.17) is 5.73 Å². The van der Waals surface area contributed by atoms with E-state index in [0.717, 1.165) is 18.2 Å². The number of amides is 1. The molecule has 5 heteroatoms. The fourth-order valence-electron chi connectivity index (χ4n) is 1.68. The molecule has 0 aromatic heterocycles. The fraction of sp³-hybridized carbons (Fsp3) is 0.0714. The van der Waals surface area contributed by atoms with Crippen LogP contribution in [-0.4, -0.2) is 5.91 Å². The monoisotopic (exact) mass is 262 g/mol. The van der Waals surface area contributed by atoms with Gasteiger partial charge in [0.2, 0.25) is 0 Å². The van der Waals surface area contributed by atoms with Crippen LogP contribution in [0.1, 0.15) is 15.9 Å². The van der Waals surface area contributed by atoms with E-state index in [1.165, 1.54) is 0 Å². The Morgan fingerprint density at radius 1 is 1.21 bits per heavy atom. The molecule has 19 heavy (non-hydrogen) atoms. The molecule has 0 aliphatic heterocycles. The van der Waals surface area contributed by atoms with E-state index < -0.39 is 17.5 Å². The minimum atomic E-state index is -0.698. The standard InChI is InChI=1S/C14H12F2N2O/c1-8-10(3-2-4-12(8)17)14(19)18-13-7-9(15)5-6-11(13)16/h2-7H,17H2,1H3,(H,18,19). The van der Waals surface area contributed by atoms with Gasteiger partial charge in [0.05, 0.1) is 5.69 Å². The first kappa shape index (κ1) is 13.0. The average Bonchev–Trinajstić information content (AvgIpc) is 2.37. The van der Waals surface area contributed by atoms with Gasteiger partial charge in [-0.1, -0.05) is 6.07 Å². The summed E-state index contributed by atoms with van der Waals surface area (Å²) in [5.41, 5.74) is 6.87. The van der Waals surface area contributed by atoms with Crippen LogP contribution in [0.3, 0.4) is 0 Å². The second-order valence-corrected chi connectivity index (χ2v) is 4.10. The highest BCUT2D eigenvalue weighted by atomic mass is 19.1. The maximum Gasteiger partial charge on any atom is 0.256 e. The lowest BCUT2D eigenvalue weighted by atomic mass is 10.1. The van der Waals surface area contributed by atoms with Gasteiger partial charge < -0.3 is 11.1 Å². The number of benzene rings is 2. The summed E-state index contributed by atoms with van der Waals surface area (Å²) in [5, 5.41) is 2.33. The van der Waals surface area contributed by atoms with Crippen LogP contribution in [-0.2, 0) is 0 Å². The van der Waals surface area contributed by atoms with E-state index in [0.29, 0.717) is 16.8 Å². The summed E-state index contributed by atoms with van der Waals surface area (Å²) in [6.45, 7) is 1.69. The van der Waals surface area contributed by atoms with Gasteiger partial charge in [0.15, 0.2) is 0 Å². The Hall–Kier alpha value is -2.43. The van der Waals surface area contributed by atoms with Gasteiger partial charge in [-0.05, 0) is 36.8 Å². The Morgan fingerprint density at radius 2 is 1.95 bits per heavy atom. The molecule has 0 saturated heterocycles. The van der Waals surface area contributed by atoms with Crippen molar-refractivity contribution >= 4 is 17.3 Å². The van der Waals surface area contributed by atoms with Gasteiger partial charge in [0.1, 0.15) is 11.6 Å². The van der Waals surface area contributed by atoms with Crippen molar-refractivity contribution in [3.63, 3.8) is 0 Å². The molecule has 0 saturated carbocycles. The second kappa shape index (κ2) is 5.06. The largest absolute Gasteiger partial charge is 0.398 e. The van der Waals surface area contributed by atoms with E-state index in [-0.39, 0.29) is 5.69 Å². The molecule has 0 heterocycles. The van der Waals surface area contributed by atoms with Crippen molar-refractivity contribution in [2.75, 3.05) is 11.1 Å². The Morgan fingerprint density at radius 3 is 2.68 bits per heavy atom. The third-order valence-corrected chi connectivity index (χ3v) is 2.80. The van der Waals surface area contributed by atoms with Crippen LogP contribution >= 0.6 is 0 Å². The Bertz CT molecular complexity index is 641. The molecule has 0 aliphatic rings. The molecular formula is C14H12F2N2O. The fourth-order valence-corrected chi connectivity index (χ4v) is 1.68. The van der Waals surface area contributed by atoms with Crippen LogP contribution in [0.15, 0.2) is 36.4 Å². The zero-order valence-corrected chi connectivity index (χ0v) is 10.2. The van der Waals surface area contributed by atoms with E-state index in [1.807, 2.05) is 0 Å². The van der Waals surface area contributed by atoms with Gasteiger partial charge >= 0.3 is 0 Å². The lowest BCUT2D eigenvalue weighted by Gasteiger charge is -2.10. The van der Waals surface area contributed by atoms with Crippen LogP contribution in [0.5, 0.6) is 0 Å². The molecule has 0 fully saturated rings. The van der Waals surface area contributed by atoms with Crippen molar-refractivity contribution < 1.29 is 13.6 Å². The number of carbonyl (C=O) groups excluding carboxylic acids is 1. The van der Waals surface area contributed by atoms with Crippen LogP contribution in [0.4, 0.5) is 20.2 Å². The summed E-state index contributed by atoms with van der Waals surface area (Å²) in [6.07, 6.45) is 0. The minimum Gasteiger partial charge on any atom is -0.398 e. The molecule has 3 nitrogen and oxygen atoms in total. The van der Waals surface area contributed by atoms with Crippen molar-refractivity contribution in [2.45, 2.75) is 6.92 Å². The molecule has 98 valence electrons. The summed E-state index contributed by atoms with van der Waals surface area (Å²) in [6, 6.07) is 7.72. The molecule has 0 atom stereocenters. The summed E-state index contributed by atoms with van der Waals surface area (Å²) in [7, 11) is 0. The lowest BCUT2D eigenvalue weighted by molar-refractivity contribution is 0.102. The minimum absolute atomic E-state index is 0.202. The van der Waals surface area contributed by atoms with Crippen molar-refractivity contribution in [3.8, 4) is 0 Å². The Labute approximate surface area is 109 Å². The maximum atomic E-state index is 13.4. The first-order valence-electron chi connectivity index (χ1n) is 5.60. The third-order valence-electron chi connectivity index (χ3n) is 2.80. The van der Waals surface area contributed by atoms with Crippen LogP contribution in [0, 0.1) is 18.6 Å². The normalized spacial score (nSPS) is 10.3. The molecule has 0 radical (unpaired) electrons. The molecule has 0 spiro atoms. The highest BCUT2D eigenvalue weighted by molar-refractivity contribution is 6.06. The second-order valence-electron chi connectivity index (χ2n) is 4.10. The van der Waals surface area contributed by atoms with Crippen molar-refractivity contribution in [3.05, 3.63) is 59.2 Å². The van der Waals surface area contributed by atoms with Gasteiger partial charge in [-0.25, -0.2) is 8.78 Å². The van der Waals surface area contributed by atoms with Gasteiger partial charge in [0.25, 0.3) is 5.91 Å². The Balaban J connectivity index is 2.31. The number of anilines is 2. The number of nitrogens with one attached hydrogen (secondary N) is 1. The van der Waals surface area contributed by atoms with Gasteiger partial charge in [-0.15, -0.1) is 0 Å². The summed E-state index contributed by atoms with van der Waals surface area (Å²) in [4.78, 5) is 12.0. The van der Waals surface area contributed by atoms with Crippen molar-refractivity contribution in [2.24, 2.45) is 0 Å². The van der Waals surface area contributed by atoms with Gasteiger partial charge in [-0.2, -0.15) is 0 Å². The summed E-state index contributed by atoms with van der Waals surface area (Å²) in [5.74, 6) is -1.85. The summed E-state index contributed by atoms with van der Waals surface area (Å²) < 4.78 is 26.4. The number of nitrogen functional groups attached to an aromatic ring is 1. The van der Waals surface area contributed by atoms with Crippen molar-refractivity contribution in [1.29, 1.82) is 0 Å². The topological polar surface area (TPSA) is 55.1 Å². The number of hydrogen-bond acceptors (Lipinski definition) is 2. The Kier molecular flexibility index (Phi) is 3.46. The predicted molar refractivity (Wildman–Crippen MR) is 69.9 cm³/mol. The zero-order valence-electron chi connectivity index (χ0n) is 10.2.